The van der Waals surface area contributed by atoms with Crippen LogP contribution in [0, 0.1) is 6.92 Å². The molecule has 1 aromatic carbocycles. The Morgan fingerprint density at radius 3 is 2.59 bits per heavy atom. The van der Waals surface area contributed by atoms with E-state index in [2.05, 4.69) is 5.32 Å². The summed E-state index contributed by atoms with van der Waals surface area (Å²) < 4.78 is 0. The van der Waals surface area contributed by atoms with Crippen LogP contribution >= 0.6 is 0 Å². The molecule has 3 heteroatoms. The van der Waals surface area contributed by atoms with Gasteiger partial charge in [-0.15, -0.1) is 0 Å². The standard InChI is InChI=1S/C14H21NO2/c1-4-14(3,10-16)15-13(17)9-12-8-6-5-7-11(12)2/h5-8,16H,4,9-10H2,1-3H3,(H,15,17). The van der Waals surface area contributed by atoms with E-state index >= 15 is 0 Å². The van der Waals surface area contributed by atoms with Crippen LogP contribution in [0.25, 0.3) is 0 Å². The zero-order valence-corrected chi connectivity index (χ0v) is 10.8. The minimum absolute atomic E-state index is 0.0387. The Balaban J connectivity index is 2.65. The summed E-state index contributed by atoms with van der Waals surface area (Å²) in [5.74, 6) is -0.0438. The maximum absolute atomic E-state index is 11.9. The number of rotatable bonds is 5. The minimum Gasteiger partial charge on any atom is -0.394 e. The molecular weight excluding hydrogens is 214 g/mol. The molecule has 1 atom stereocenters. The molecule has 1 rings (SSSR count). The summed E-state index contributed by atoms with van der Waals surface area (Å²) in [6, 6.07) is 7.84. The van der Waals surface area contributed by atoms with Gasteiger partial charge in [0.2, 0.25) is 5.91 Å². The van der Waals surface area contributed by atoms with Crippen molar-refractivity contribution in [1.82, 2.24) is 5.32 Å². The van der Waals surface area contributed by atoms with Gasteiger partial charge in [-0.05, 0) is 31.4 Å². The van der Waals surface area contributed by atoms with Crippen molar-refractivity contribution in [3.8, 4) is 0 Å². The van der Waals surface area contributed by atoms with Gasteiger partial charge in [0, 0.05) is 0 Å². The molecule has 17 heavy (non-hydrogen) atoms. The quantitative estimate of drug-likeness (QED) is 0.818. The Kier molecular flexibility index (Phi) is 4.70. The van der Waals surface area contributed by atoms with E-state index in [1.54, 1.807) is 0 Å². The lowest BCUT2D eigenvalue weighted by Crippen LogP contribution is -2.49. The highest BCUT2D eigenvalue weighted by Crippen LogP contribution is 2.11. The smallest absolute Gasteiger partial charge is 0.224 e. The van der Waals surface area contributed by atoms with E-state index in [4.69, 9.17) is 0 Å². The molecule has 3 nitrogen and oxygen atoms in total. The average molecular weight is 235 g/mol. The van der Waals surface area contributed by atoms with Crippen molar-refractivity contribution in [2.24, 2.45) is 0 Å². The predicted octanol–water partition coefficient (Wildman–Crippen LogP) is 1.81. The molecular formula is C14H21NO2. The van der Waals surface area contributed by atoms with E-state index in [0.717, 1.165) is 11.1 Å². The Morgan fingerprint density at radius 2 is 2.06 bits per heavy atom. The maximum atomic E-state index is 11.9. The number of aryl methyl sites for hydroxylation is 1. The maximum Gasteiger partial charge on any atom is 0.224 e. The zero-order valence-electron chi connectivity index (χ0n) is 10.8. The van der Waals surface area contributed by atoms with Gasteiger partial charge in [-0.2, -0.15) is 0 Å². The van der Waals surface area contributed by atoms with Gasteiger partial charge in [0.1, 0.15) is 0 Å². The first-order chi connectivity index (χ1) is 8.00. The van der Waals surface area contributed by atoms with Gasteiger partial charge >= 0.3 is 0 Å². The van der Waals surface area contributed by atoms with Crippen LogP contribution in [0.2, 0.25) is 0 Å². The van der Waals surface area contributed by atoms with E-state index in [1.807, 2.05) is 45.0 Å². The molecule has 0 radical (unpaired) electrons. The molecule has 0 bridgehead atoms. The third kappa shape index (κ3) is 3.86. The molecule has 0 heterocycles. The first-order valence-electron chi connectivity index (χ1n) is 5.97. The lowest BCUT2D eigenvalue weighted by molar-refractivity contribution is -0.122. The molecule has 0 fully saturated rings. The Bertz CT molecular complexity index is 384. The molecule has 0 spiro atoms. The van der Waals surface area contributed by atoms with Crippen molar-refractivity contribution >= 4 is 5.91 Å². The van der Waals surface area contributed by atoms with E-state index in [-0.39, 0.29) is 12.5 Å². The van der Waals surface area contributed by atoms with Gasteiger partial charge < -0.3 is 10.4 Å². The van der Waals surface area contributed by atoms with Crippen LogP contribution in [-0.2, 0) is 11.2 Å². The number of aliphatic hydroxyl groups excluding tert-OH is 1. The number of carbonyl (C=O) groups excluding carboxylic acids is 1. The van der Waals surface area contributed by atoms with Gasteiger partial charge in [0.25, 0.3) is 0 Å². The fourth-order valence-electron chi connectivity index (χ4n) is 1.60. The Labute approximate surface area is 103 Å². The second-order valence-corrected chi connectivity index (χ2v) is 4.72. The molecule has 94 valence electrons. The summed E-state index contributed by atoms with van der Waals surface area (Å²) in [5, 5.41) is 12.1. The van der Waals surface area contributed by atoms with Gasteiger partial charge in [0.05, 0.1) is 18.6 Å². The molecule has 1 amide bonds. The molecule has 0 aliphatic heterocycles. The lowest BCUT2D eigenvalue weighted by atomic mass is 9.99. The minimum atomic E-state index is -0.514. The third-order valence-electron chi connectivity index (χ3n) is 3.18. The average Bonchev–Trinajstić information content (AvgIpc) is 2.32. The molecule has 0 aliphatic rings. The number of nitrogens with one attached hydrogen (secondary N) is 1. The van der Waals surface area contributed by atoms with Crippen LogP contribution in [0.3, 0.4) is 0 Å². The van der Waals surface area contributed by atoms with Gasteiger partial charge in [-0.25, -0.2) is 0 Å². The van der Waals surface area contributed by atoms with Crippen molar-refractivity contribution in [2.45, 2.75) is 39.2 Å². The van der Waals surface area contributed by atoms with Crippen molar-refractivity contribution in [1.29, 1.82) is 0 Å². The molecule has 1 unspecified atom stereocenters. The largest absolute Gasteiger partial charge is 0.394 e. The van der Waals surface area contributed by atoms with E-state index in [9.17, 15) is 9.90 Å². The number of carbonyl (C=O) groups is 1. The number of amides is 1. The van der Waals surface area contributed by atoms with Gasteiger partial charge in [-0.3, -0.25) is 4.79 Å². The Morgan fingerprint density at radius 1 is 1.41 bits per heavy atom. The van der Waals surface area contributed by atoms with Crippen LogP contribution in [-0.4, -0.2) is 23.2 Å². The monoisotopic (exact) mass is 235 g/mol. The SMILES string of the molecule is CCC(C)(CO)NC(=O)Cc1ccccc1C. The molecule has 0 saturated carbocycles. The second kappa shape index (κ2) is 5.82. The first-order valence-corrected chi connectivity index (χ1v) is 5.97. The van der Waals surface area contributed by atoms with Crippen molar-refractivity contribution in [3.05, 3.63) is 35.4 Å². The zero-order chi connectivity index (χ0) is 12.9. The van der Waals surface area contributed by atoms with Gasteiger partial charge in [0.15, 0.2) is 0 Å². The molecule has 0 saturated heterocycles. The highest BCUT2D eigenvalue weighted by molar-refractivity contribution is 5.79. The summed E-state index contributed by atoms with van der Waals surface area (Å²) in [5.41, 5.74) is 1.63. The van der Waals surface area contributed by atoms with E-state index in [1.165, 1.54) is 0 Å². The fraction of sp³-hybridized carbons (Fsp3) is 0.500. The molecule has 2 N–H and O–H groups in total. The summed E-state index contributed by atoms with van der Waals surface area (Å²) >= 11 is 0. The summed E-state index contributed by atoms with van der Waals surface area (Å²) in [7, 11) is 0. The van der Waals surface area contributed by atoms with Crippen LogP contribution in [0.5, 0.6) is 0 Å². The van der Waals surface area contributed by atoms with Crippen molar-refractivity contribution in [3.63, 3.8) is 0 Å². The first kappa shape index (κ1) is 13.7. The Hall–Kier alpha value is -1.35. The van der Waals surface area contributed by atoms with E-state index in [0.29, 0.717) is 12.8 Å². The fourth-order valence-corrected chi connectivity index (χ4v) is 1.60. The number of benzene rings is 1. The highest BCUT2D eigenvalue weighted by atomic mass is 16.3. The second-order valence-electron chi connectivity index (χ2n) is 4.72. The van der Waals surface area contributed by atoms with Gasteiger partial charge in [-0.1, -0.05) is 31.2 Å². The van der Waals surface area contributed by atoms with Crippen LogP contribution < -0.4 is 5.32 Å². The molecule has 1 aromatic rings. The lowest BCUT2D eigenvalue weighted by Gasteiger charge is -2.27. The van der Waals surface area contributed by atoms with E-state index < -0.39 is 5.54 Å². The molecule has 0 aliphatic carbocycles. The predicted molar refractivity (Wildman–Crippen MR) is 68.8 cm³/mol. The number of aliphatic hydroxyl groups is 1. The highest BCUT2D eigenvalue weighted by Gasteiger charge is 2.23. The third-order valence-corrected chi connectivity index (χ3v) is 3.18. The topological polar surface area (TPSA) is 49.3 Å². The van der Waals surface area contributed by atoms with Crippen LogP contribution in [0.4, 0.5) is 0 Å². The normalized spacial score (nSPS) is 14.1. The van der Waals surface area contributed by atoms with Crippen LogP contribution in [0.15, 0.2) is 24.3 Å². The summed E-state index contributed by atoms with van der Waals surface area (Å²) in [6.07, 6.45) is 1.07. The summed E-state index contributed by atoms with van der Waals surface area (Å²) in [6.45, 7) is 5.75. The van der Waals surface area contributed by atoms with Crippen molar-refractivity contribution < 1.29 is 9.90 Å². The van der Waals surface area contributed by atoms with Crippen LogP contribution in [0.1, 0.15) is 31.4 Å². The number of hydrogen-bond donors (Lipinski definition) is 2. The number of hydrogen-bond acceptors (Lipinski definition) is 2. The molecule has 0 aromatic heterocycles. The van der Waals surface area contributed by atoms with Crippen molar-refractivity contribution in [2.75, 3.05) is 6.61 Å². The summed E-state index contributed by atoms with van der Waals surface area (Å²) in [4.78, 5) is 11.9.